The minimum Gasteiger partial charge on any atom is -0.396 e. The van der Waals surface area contributed by atoms with E-state index < -0.39 is 5.60 Å². The summed E-state index contributed by atoms with van der Waals surface area (Å²) >= 11 is 0. The van der Waals surface area contributed by atoms with Crippen LogP contribution in [0.3, 0.4) is 0 Å². The Morgan fingerprint density at radius 3 is 2.38 bits per heavy atom. The summed E-state index contributed by atoms with van der Waals surface area (Å²) in [6.45, 7) is 16.0. The van der Waals surface area contributed by atoms with E-state index in [4.69, 9.17) is 0 Å². The van der Waals surface area contributed by atoms with Gasteiger partial charge in [-0.05, 0) is 111 Å². The maximum atomic E-state index is 12.4. The van der Waals surface area contributed by atoms with Crippen molar-refractivity contribution in [2.75, 3.05) is 6.61 Å². The van der Waals surface area contributed by atoms with Crippen LogP contribution in [0.25, 0.3) is 0 Å². The Balaban J connectivity index is 1.57. The highest BCUT2D eigenvalue weighted by Gasteiger charge is 2.68. The van der Waals surface area contributed by atoms with Gasteiger partial charge < -0.3 is 15.3 Å². The van der Waals surface area contributed by atoms with E-state index in [1.807, 2.05) is 0 Å². The third-order valence-electron chi connectivity index (χ3n) is 11.7. The van der Waals surface area contributed by atoms with Crippen molar-refractivity contribution in [3.63, 3.8) is 0 Å². The highest BCUT2D eigenvalue weighted by Crippen LogP contribution is 2.70. The Morgan fingerprint density at radius 2 is 1.72 bits per heavy atom. The molecule has 0 bridgehead atoms. The van der Waals surface area contributed by atoms with E-state index in [0.29, 0.717) is 35.5 Å². The van der Waals surface area contributed by atoms with E-state index in [0.717, 1.165) is 64.2 Å². The molecule has 0 spiro atoms. The number of aliphatic hydroxyl groups excluding tert-OH is 2. The first-order valence-corrected chi connectivity index (χ1v) is 13.7. The van der Waals surface area contributed by atoms with Crippen molar-refractivity contribution < 1.29 is 15.3 Å². The van der Waals surface area contributed by atoms with E-state index in [2.05, 4.69) is 41.2 Å². The molecule has 0 radical (unpaired) electrons. The molecule has 0 aromatic heterocycles. The van der Waals surface area contributed by atoms with Gasteiger partial charge in [-0.3, -0.25) is 0 Å². The Kier molecular flexibility index (Phi) is 6.71. The van der Waals surface area contributed by atoms with Crippen LogP contribution in [0.5, 0.6) is 0 Å². The molecule has 4 saturated carbocycles. The van der Waals surface area contributed by atoms with Crippen LogP contribution in [0.4, 0.5) is 0 Å². The second-order valence-corrected chi connectivity index (χ2v) is 13.2. The van der Waals surface area contributed by atoms with Crippen molar-refractivity contribution in [3.8, 4) is 0 Å². The number of fused-ring (bicyclic) bond motifs is 5. The Morgan fingerprint density at radius 1 is 1.00 bits per heavy atom. The lowest BCUT2D eigenvalue weighted by Crippen LogP contribution is -2.66. The van der Waals surface area contributed by atoms with Crippen molar-refractivity contribution in [1.29, 1.82) is 0 Å². The lowest BCUT2D eigenvalue weighted by atomic mass is 9.41. The largest absolute Gasteiger partial charge is 0.396 e. The first kappa shape index (κ1) is 24.7. The summed E-state index contributed by atoms with van der Waals surface area (Å²) in [6, 6.07) is 0. The van der Waals surface area contributed by atoms with Crippen molar-refractivity contribution >= 4 is 0 Å². The van der Waals surface area contributed by atoms with Crippen molar-refractivity contribution in [3.05, 3.63) is 12.2 Å². The minimum atomic E-state index is -0.649. The molecule has 0 unspecified atom stereocenters. The van der Waals surface area contributed by atoms with Gasteiger partial charge in [0, 0.05) is 12.0 Å². The third kappa shape index (κ3) is 3.55. The average Bonchev–Trinajstić information content (AvgIpc) is 3.15. The molecule has 3 N–H and O–H groups in total. The standard InChI is InChI=1S/C29H50O3/c1-18(2)19(3)7-8-20(4)22-9-10-26-28(22,17-30)15-13-25-27(6)14-12-24(31)21(5)23(27)11-16-29(25,26)32/h18,20-26,30-32H,3,7-17H2,1-2,4-6H3/t20-,21+,22-,23+,24+,25-,26-,27+,28+,29+/m1/s1. The van der Waals surface area contributed by atoms with E-state index >= 15 is 0 Å². The molecular weight excluding hydrogens is 396 g/mol. The lowest BCUT2D eigenvalue weighted by molar-refractivity contribution is -0.243. The van der Waals surface area contributed by atoms with Gasteiger partial charge >= 0.3 is 0 Å². The zero-order chi connectivity index (χ0) is 23.5. The Hall–Kier alpha value is -0.380. The van der Waals surface area contributed by atoms with Crippen LogP contribution in [0.1, 0.15) is 98.8 Å². The van der Waals surface area contributed by atoms with Gasteiger partial charge in [0.1, 0.15) is 0 Å². The van der Waals surface area contributed by atoms with Crippen LogP contribution >= 0.6 is 0 Å². The molecule has 4 aliphatic rings. The van der Waals surface area contributed by atoms with Crippen LogP contribution in [0, 0.1) is 52.3 Å². The second-order valence-electron chi connectivity index (χ2n) is 13.2. The number of hydrogen-bond donors (Lipinski definition) is 3. The molecule has 0 aliphatic heterocycles. The first-order chi connectivity index (χ1) is 15.0. The summed E-state index contributed by atoms with van der Waals surface area (Å²) in [4.78, 5) is 0. The molecule has 0 aromatic carbocycles. The lowest BCUT2D eigenvalue weighted by Gasteiger charge is -2.66. The van der Waals surface area contributed by atoms with Gasteiger partial charge in [-0.1, -0.05) is 46.8 Å². The summed E-state index contributed by atoms with van der Waals surface area (Å²) in [5.41, 5.74) is 0.690. The Bertz CT molecular complexity index is 703. The van der Waals surface area contributed by atoms with Gasteiger partial charge in [0.05, 0.1) is 11.7 Å². The molecule has 10 atom stereocenters. The smallest absolute Gasteiger partial charge is 0.0715 e. The predicted molar refractivity (Wildman–Crippen MR) is 131 cm³/mol. The molecule has 0 aromatic rings. The molecule has 0 amide bonds. The highest BCUT2D eigenvalue weighted by molar-refractivity contribution is 5.18. The number of hydrogen-bond acceptors (Lipinski definition) is 3. The molecule has 0 heterocycles. The van der Waals surface area contributed by atoms with E-state index in [1.54, 1.807) is 0 Å². The summed E-state index contributed by atoms with van der Waals surface area (Å²) in [5.74, 6) is 2.96. The van der Waals surface area contributed by atoms with Crippen molar-refractivity contribution in [2.24, 2.45) is 52.3 Å². The summed E-state index contributed by atoms with van der Waals surface area (Å²) in [5, 5.41) is 33.8. The fourth-order valence-corrected chi connectivity index (χ4v) is 9.69. The first-order valence-electron chi connectivity index (χ1n) is 13.7. The van der Waals surface area contributed by atoms with Crippen LogP contribution in [0.15, 0.2) is 12.2 Å². The van der Waals surface area contributed by atoms with Gasteiger partial charge in [0.2, 0.25) is 0 Å². The predicted octanol–water partition coefficient (Wildman–Crippen LogP) is 5.97. The summed E-state index contributed by atoms with van der Waals surface area (Å²) in [7, 11) is 0. The number of allylic oxidation sites excluding steroid dienone is 1. The van der Waals surface area contributed by atoms with Gasteiger partial charge in [-0.2, -0.15) is 0 Å². The van der Waals surface area contributed by atoms with E-state index in [1.165, 1.54) is 5.57 Å². The number of aliphatic hydroxyl groups is 3. The highest BCUT2D eigenvalue weighted by atomic mass is 16.3. The van der Waals surface area contributed by atoms with Gasteiger partial charge in [-0.25, -0.2) is 0 Å². The topological polar surface area (TPSA) is 60.7 Å². The van der Waals surface area contributed by atoms with Crippen LogP contribution in [0.2, 0.25) is 0 Å². The van der Waals surface area contributed by atoms with Crippen LogP contribution in [-0.4, -0.2) is 33.6 Å². The third-order valence-corrected chi connectivity index (χ3v) is 11.7. The van der Waals surface area contributed by atoms with Gasteiger partial charge in [0.25, 0.3) is 0 Å². The molecule has 184 valence electrons. The van der Waals surface area contributed by atoms with E-state index in [-0.39, 0.29) is 29.5 Å². The average molecular weight is 447 g/mol. The molecule has 0 saturated heterocycles. The fraction of sp³-hybridized carbons (Fsp3) is 0.931. The van der Waals surface area contributed by atoms with Crippen LogP contribution in [-0.2, 0) is 0 Å². The Labute approximate surface area is 197 Å². The van der Waals surface area contributed by atoms with Crippen molar-refractivity contribution in [2.45, 2.75) is 111 Å². The summed E-state index contributed by atoms with van der Waals surface area (Å²) in [6.07, 6.45) is 10.1. The molecule has 3 nitrogen and oxygen atoms in total. The maximum absolute atomic E-state index is 12.4. The van der Waals surface area contributed by atoms with Crippen LogP contribution < -0.4 is 0 Å². The molecule has 32 heavy (non-hydrogen) atoms. The zero-order valence-electron chi connectivity index (χ0n) is 21.4. The quantitative estimate of drug-likeness (QED) is 0.441. The SMILES string of the molecule is C=C(CC[C@@H](C)[C@H]1CC[C@H]2[C@]3(O)CC[C@H]4[C@H](C)[C@@H](O)CC[C@]4(C)[C@H]3CC[C@]12CO)C(C)C. The number of rotatable bonds is 6. The molecule has 4 rings (SSSR count). The molecule has 4 aliphatic carbocycles. The molecule has 4 fully saturated rings. The zero-order valence-corrected chi connectivity index (χ0v) is 21.4. The second kappa shape index (κ2) is 8.68. The van der Waals surface area contributed by atoms with E-state index in [9.17, 15) is 15.3 Å². The molecule has 3 heteroatoms. The normalized spacial score (nSPS) is 49.3. The minimum absolute atomic E-state index is 0.117. The molecular formula is C29H50O3. The van der Waals surface area contributed by atoms with Gasteiger partial charge in [-0.15, -0.1) is 0 Å². The summed E-state index contributed by atoms with van der Waals surface area (Å²) < 4.78 is 0. The monoisotopic (exact) mass is 446 g/mol. The maximum Gasteiger partial charge on any atom is 0.0715 e. The van der Waals surface area contributed by atoms with Gasteiger partial charge in [0.15, 0.2) is 0 Å². The van der Waals surface area contributed by atoms with Crippen molar-refractivity contribution in [1.82, 2.24) is 0 Å². The fourth-order valence-electron chi connectivity index (χ4n) is 9.69.